The molecular formula is C15H20N2O4. The minimum Gasteiger partial charge on any atom is -0.494 e. The number of ether oxygens (including phenoxy) is 1. The Kier molecular flexibility index (Phi) is 5.03. The molecule has 1 heterocycles. The van der Waals surface area contributed by atoms with Crippen LogP contribution in [0.25, 0.3) is 0 Å². The van der Waals surface area contributed by atoms with E-state index in [4.69, 9.17) is 9.84 Å². The molecule has 0 spiro atoms. The van der Waals surface area contributed by atoms with Crippen molar-refractivity contribution in [2.24, 2.45) is 5.92 Å². The molecule has 1 aliphatic rings. The number of carboxylic acids is 1. The molecule has 6 nitrogen and oxygen atoms in total. The molecule has 0 bridgehead atoms. The number of aliphatic carboxylic acids is 1. The molecule has 114 valence electrons. The van der Waals surface area contributed by atoms with Crippen LogP contribution in [0.3, 0.4) is 0 Å². The summed E-state index contributed by atoms with van der Waals surface area (Å²) in [5, 5.41) is 11.8. The number of hydrogen-bond acceptors (Lipinski definition) is 3. The van der Waals surface area contributed by atoms with Gasteiger partial charge in [0.25, 0.3) is 0 Å². The summed E-state index contributed by atoms with van der Waals surface area (Å²) >= 11 is 0. The molecule has 0 aromatic heterocycles. The lowest BCUT2D eigenvalue weighted by Crippen LogP contribution is -2.44. The molecule has 2 rings (SSSR count). The fourth-order valence-electron chi connectivity index (χ4n) is 2.40. The van der Waals surface area contributed by atoms with Gasteiger partial charge in [0.1, 0.15) is 5.75 Å². The Morgan fingerprint density at radius 2 is 2.29 bits per heavy atom. The maximum atomic E-state index is 12.2. The van der Waals surface area contributed by atoms with Crippen LogP contribution in [0.1, 0.15) is 19.8 Å². The predicted octanol–water partition coefficient (Wildman–Crippen LogP) is 2.41. The summed E-state index contributed by atoms with van der Waals surface area (Å²) in [6.45, 7) is 3.29. The van der Waals surface area contributed by atoms with Crippen molar-refractivity contribution in [1.29, 1.82) is 0 Å². The molecule has 0 unspecified atom stereocenters. The van der Waals surface area contributed by atoms with Gasteiger partial charge in [0, 0.05) is 24.8 Å². The summed E-state index contributed by atoms with van der Waals surface area (Å²) in [7, 11) is 0. The quantitative estimate of drug-likeness (QED) is 0.893. The van der Waals surface area contributed by atoms with Crippen LogP contribution in [0.2, 0.25) is 0 Å². The number of likely N-dealkylation sites (tertiary alicyclic amines) is 1. The number of anilines is 1. The van der Waals surface area contributed by atoms with Crippen LogP contribution in [-0.2, 0) is 4.79 Å². The monoisotopic (exact) mass is 292 g/mol. The number of piperidine rings is 1. The zero-order chi connectivity index (χ0) is 15.2. The average Bonchev–Trinajstić information content (AvgIpc) is 2.48. The van der Waals surface area contributed by atoms with E-state index in [1.54, 1.807) is 23.1 Å². The van der Waals surface area contributed by atoms with E-state index in [-0.39, 0.29) is 12.6 Å². The summed E-state index contributed by atoms with van der Waals surface area (Å²) in [6.07, 6.45) is 1.34. The molecule has 1 aliphatic heterocycles. The topological polar surface area (TPSA) is 78.9 Å². The predicted molar refractivity (Wildman–Crippen MR) is 78.6 cm³/mol. The molecule has 0 aliphatic carbocycles. The molecule has 2 amide bonds. The van der Waals surface area contributed by atoms with Crippen LogP contribution < -0.4 is 10.1 Å². The minimum absolute atomic E-state index is 0.256. The number of benzene rings is 1. The number of carbonyl (C=O) groups is 2. The average molecular weight is 292 g/mol. The Bertz CT molecular complexity index is 518. The van der Waals surface area contributed by atoms with Gasteiger partial charge in [0.15, 0.2) is 0 Å². The third-order valence-corrected chi connectivity index (χ3v) is 3.45. The second-order valence-electron chi connectivity index (χ2n) is 5.01. The molecule has 1 aromatic carbocycles. The van der Waals surface area contributed by atoms with Crippen molar-refractivity contribution in [2.75, 3.05) is 25.0 Å². The number of urea groups is 1. The largest absolute Gasteiger partial charge is 0.494 e. The highest BCUT2D eigenvalue weighted by molar-refractivity contribution is 5.90. The molecule has 6 heteroatoms. The molecular weight excluding hydrogens is 272 g/mol. The zero-order valence-electron chi connectivity index (χ0n) is 12.0. The summed E-state index contributed by atoms with van der Waals surface area (Å²) < 4.78 is 5.38. The van der Waals surface area contributed by atoms with Gasteiger partial charge in [0.05, 0.1) is 12.5 Å². The fourth-order valence-corrected chi connectivity index (χ4v) is 2.40. The maximum Gasteiger partial charge on any atom is 0.321 e. The first-order chi connectivity index (χ1) is 10.1. The lowest BCUT2D eigenvalue weighted by atomic mass is 9.99. The van der Waals surface area contributed by atoms with E-state index in [0.29, 0.717) is 37.4 Å². The van der Waals surface area contributed by atoms with Crippen LogP contribution in [0.15, 0.2) is 24.3 Å². The molecule has 1 saturated heterocycles. The molecule has 1 atom stereocenters. The highest BCUT2D eigenvalue weighted by atomic mass is 16.5. The van der Waals surface area contributed by atoms with Gasteiger partial charge in [-0.3, -0.25) is 4.79 Å². The molecule has 1 fully saturated rings. The molecule has 2 N–H and O–H groups in total. The number of rotatable bonds is 4. The summed E-state index contributed by atoms with van der Waals surface area (Å²) in [4.78, 5) is 24.8. The maximum absolute atomic E-state index is 12.2. The molecule has 1 aromatic rings. The van der Waals surface area contributed by atoms with Crippen LogP contribution >= 0.6 is 0 Å². The number of carboxylic acid groups (broad SMARTS) is 1. The lowest BCUT2D eigenvalue weighted by Gasteiger charge is -2.30. The van der Waals surface area contributed by atoms with Gasteiger partial charge >= 0.3 is 12.0 Å². The normalized spacial score (nSPS) is 18.1. The van der Waals surface area contributed by atoms with Gasteiger partial charge in [-0.2, -0.15) is 0 Å². The number of nitrogens with zero attached hydrogens (tertiary/aromatic N) is 1. The first-order valence-electron chi connectivity index (χ1n) is 7.11. The van der Waals surface area contributed by atoms with E-state index < -0.39 is 11.9 Å². The SMILES string of the molecule is CCOc1cccc(NC(=O)N2CCC[C@@H](C(=O)O)C2)c1. The Hall–Kier alpha value is -2.24. The van der Waals surface area contributed by atoms with E-state index in [9.17, 15) is 9.59 Å². The van der Waals surface area contributed by atoms with Crippen LogP contribution in [0.5, 0.6) is 5.75 Å². The first-order valence-corrected chi connectivity index (χ1v) is 7.11. The zero-order valence-corrected chi connectivity index (χ0v) is 12.0. The van der Waals surface area contributed by atoms with Crippen LogP contribution in [0.4, 0.5) is 10.5 Å². The highest BCUT2D eigenvalue weighted by Gasteiger charge is 2.28. The molecule has 0 saturated carbocycles. The van der Waals surface area contributed by atoms with Crippen LogP contribution in [-0.4, -0.2) is 41.7 Å². The van der Waals surface area contributed by atoms with Crippen molar-refractivity contribution in [1.82, 2.24) is 4.90 Å². The van der Waals surface area contributed by atoms with E-state index in [0.717, 1.165) is 0 Å². The Morgan fingerprint density at radius 3 is 3.00 bits per heavy atom. The second-order valence-corrected chi connectivity index (χ2v) is 5.01. The number of carbonyl (C=O) groups excluding carboxylic acids is 1. The van der Waals surface area contributed by atoms with Crippen molar-refractivity contribution in [3.8, 4) is 5.75 Å². The smallest absolute Gasteiger partial charge is 0.321 e. The van der Waals surface area contributed by atoms with Gasteiger partial charge in [-0.25, -0.2) is 4.79 Å². The fraction of sp³-hybridized carbons (Fsp3) is 0.467. The summed E-state index contributed by atoms with van der Waals surface area (Å²) in [6, 6.07) is 6.88. The molecule has 21 heavy (non-hydrogen) atoms. The highest BCUT2D eigenvalue weighted by Crippen LogP contribution is 2.20. The van der Waals surface area contributed by atoms with Crippen LogP contribution in [0, 0.1) is 5.92 Å². The van der Waals surface area contributed by atoms with Gasteiger partial charge in [-0.05, 0) is 31.9 Å². The summed E-state index contributed by atoms with van der Waals surface area (Å²) in [5.74, 6) is -0.623. The first kappa shape index (κ1) is 15.2. The Morgan fingerprint density at radius 1 is 1.48 bits per heavy atom. The number of nitrogens with one attached hydrogen (secondary N) is 1. The van der Waals surface area contributed by atoms with Gasteiger partial charge in [-0.1, -0.05) is 6.07 Å². The van der Waals surface area contributed by atoms with Gasteiger partial charge in [-0.15, -0.1) is 0 Å². The standard InChI is InChI=1S/C15H20N2O4/c1-2-21-13-7-3-6-12(9-13)16-15(20)17-8-4-5-11(10-17)14(18)19/h3,6-7,9,11H,2,4-5,8,10H2,1H3,(H,16,20)(H,18,19)/t11-/m1/s1. The number of hydrogen-bond donors (Lipinski definition) is 2. The second kappa shape index (κ2) is 6.97. The van der Waals surface area contributed by atoms with Gasteiger partial charge in [0.2, 0.25) is 0 Å². The van der Waals surface area contributed by atoms with Crippen molar-refractivity contribution in [3.63, 3.8) is 0 Å². The van der Waals surface area contributed by atoms with Crippen molar-refractivity contribution in [3.05, 3.63) is 24.3 Å². The minimum atomic E-state index is -0.842. The Labute approximate surface area is 123 Å². The third-order valence-electron chi connectivity index (χ3n) is 3.45. The molecule has 0 radical (unpaired) electrons. The summed E-state index contributed by atoms with van der Waals surface area (Å²) in [5.41, 5.74) is 0.642. The van der Waals surface area contributed by atoms with Crippen molar-refractivity contribution in [2.45, 2.75) is 19.8 Å². The third kappa shape index (κ3) is 4.11. The lowest BCUT2D eigenvalue weighted by molar-refractivity contribution is -0.143. The van der Waals surface area contributed by atoms with E-state index in [1.165, 1.54) is 0 Å². The van der Waals surface area contributed by atoms with E-state index in [1.807, 2.05) is 13.0 Å². The van der Waals surface area contributed by atoms with E-state index >= 15 is 0 Å². The van der Waals surface area contributed by atoms with Crippen molar-refractivity contribution < 1.29 is 19.4 Å². The Balaban J connectivity index is 1.97. The number of amides is 2. The van der Waals surface area contributed by atoms with Gasteiger partial charge < -0.3 is 20.1 Å². The van der Waals surface area contributed by atoms with E-state index in [2.05, 4.69) is 5.32 Å². The van der Waals surface area contributed by atoms with Crippen molar-refractivity contribution >= 4 is 17.7 Å².